The molecular formula is C24H18ClN3O3. The van der Waals surface area contributed by atoms with Gasteiger partial charge in [0.25, 0.3) is 5.91 Å². The molecule has 31 heavy (non-hydrogen) atoms. The van der Waals surface area contributed by atoms with Crippen LogP contribution in [0.3, 0.4) is 0 Å². The van der Waals surface area contributed by atoms with Gasteiger partial charge in [-0.3, -0.25) is 4.79 Å². The molecule has 0 aliphatic carbocycles. The zero-order chi connectivity index (χ0) is 21.2. The number of fused-ring (bicyclic) bond motifs is 1. The Kier molecular flexibility index (Phi) is 5.06. The van der Waals surface area contributed by atoms with Gasteiger partial charge in [-0.05, 0) is 24.3 Å². The van der Waals surface area contributed by atoms with Crippen molar-refractivity contribution in [1.29, 1.82) is 0 Å². The van der Waals surface area contributed by atoms with Gasteiger partial charge < -0.3 is 14.8 Å². The zero-order valence-electron chi connectivity index (χ0n) is 16.4. The van der Waals surface area contributed by atoms with Gasteiger partial charge in [-0.25, -0.2) is 4.68 Å². The van der Waals surface area contributed by atoms with E-state index in [1.54, 1.807) is 30.5 Å². The minimum absolute atomic E-state index is 0.283. The van der Waals surface area contributed by atoms with Crippen LogP contribution in [0.25, 0.3) is 16.9 Å². The Hall–Kier alpha value is -3.77. The van der Waals surface area contributed by atoms with Gasteiger partial charge in [-0.15, -0.1) is 0 Å². The normalized spacial score (nSPS) is 12.4. The minimum atomic E-state index is -0.283. The van der Waals surface area contributed by atoms with E-state index in [2.05, 4.69) is 10.4 Å². The second-order valence-corrected chi connectivity index (χ2v) is 7.38. The Bertz CT molecular complexity index is 1250. The molecule has 4 aromatic rings. The molecule has 3 aromatic carbocycles. The van der Waals surface area contributed by atoms with Crippen LogP contribution in [0.15, 0.2) is 79.0 Å². The fourth-order valence-electron chi connectivity index (χ4n) is 3.47. The van der Waals surface area contributed by atoms with Crippen LogP contribution in [-0.2, 0) is 0 Å². The van der Waals surface area contributed by atoms with Gasteiger partial charge in [0.1, 0.15) is 13.2 Å². The summed E-state index contributed by atoms with van der Waals surface area (Å²) in [6.07, 6.45) is 1.74. The molecule has 1 aliphatic heterocycles. The lowest BCUT2D eigenvalue weighted by molar-refractivity contribution is 0.102. The van der Waals surface area contributed by atoms with E-state index in [-0.39, 0.29) is 5.91 Å². The number of hydrogen-bond donors (Lipinski definition) is 1. The van der Waals surface area contributed by atoms with E-state index < -0.39 is 0 Å². The molecule has 0 unspecified atom stereocenters. The van der Waals surface area contributed by atoms with Crippen molar-refractivity contribution >= 4 is 23.2 Å². The number of nitrogens with one attached hydrogen (secondary N) is 1. The van der Waals surface area contributed by atoms with Gasteiger partial charge in [-0.1, -0.05) is 48.0 Å². The molecule has 0 fully saturated rings. The van der Waals surface area contributed by atoms with Crippen LogP contribution in [-0.4, -0.2) is 28.9 Å². The first-order valence-corrected chi connectivity index (χ1v) is 10.2. The van der Waals surface area contributed by atoms with Crippen molar-refractivity contribution in [2.45, 2.75) is 0 Å². The third-order valence-electron chi connectivity index (χ3n) is 4.95. The predicted octanol–water partition coefficient (Wildman–Crippen LogP) is 5.22. The monoisotopic (exact) mass is 431 g/mol. The van der Waals surface area contributed by atoms with Crippen LogP contribution in [0.4, 0.5) is 5.69 Å². The summed E-state index contributed by atoms with van der Waals surface area (Å²) in [6, 6.07) is 22.5. The van der Waals surface area contributed by atoms with Gasteiger partial charge in [0.05, 0.1) is 28.3 Å². The highest BCUT2D eigenvalue weighted by molar-refractivity contribution is 6.34. The smallest absolute Gasteiger partial charge is 0.255 e. The number of carbonyl (C=O) groups is 1. The van der Waals surface area contributed by atoms with E-state index in [1.165, 1.54) is 0 Å². The van der Waals surface area contributed by atoms with Crippen LogP contribution >= 0.6 is 11.6 Å². The molecule has 1 aromatic heterocycles. The van der Waals surface area contributed by atoms with E-state index in [0.29, 0.717) is 41.0 Å². The number of amides is 1. The van der Waals surface area contributed by atoms with Gasteiger partial charge in [0, 0.05) is 23.3 Å². The van der Waals surface area contributed by atoms with E-state index in [1.807, 2.05) is 53.2 Å². The quantitative estimate of drug-likeness (QED) is 0.481. The summed E-state index contributed by atoms with van der Waals surface area (Å²) in [4.78, 5) is 12.9. The number of nitrogens with zero attached hydrogens (tertiary/aromatic N) is 2. The van der Waals surface area contributed by atoms with Gasteiger partial charge in [0.15, 0.2) is 11.5 Å². The van der Waals surface area contributed by atoms with Gasteiger partial charge >= 0.3 is 0 Å². The van der Waals surface area contributed by atoms with E-state index in [9.17, 15) is 4.79 Å². The molecule has 1 N–H and O–H groups in total. The van der Waals surface area contributed by atoms with E-state index in [4.69, 9.17) is 21.1 Å². The molecule has 0 saturated carbocycles. The van der Waals surface area contributed by atoms with Crippen molar-refractivity contribution in [3.63, 3.8) is 0 Å². The summed E-state index contributed by atoms with van der Waals surface area (Å²) < 4.78 is 12.9. The van der Waals surface area contributed by atoms with Crippen LogP contribution in [0.5, 0.6) is 11.5 Å². The number of ether oxygens (including phenoxy) is 2. The molecule has 6 nitrogen and oxygen atoms in total. The largest absolute Gasteiger partial charge is 0.486 e. The molecule has 0 radical (unpaired) electrons. The summed E-state index contributed by atoms with van der Waals surface area (Å²) in [6.45, 7) is 0.928. The number of hydrogen-bond acceptors (Lipinski definition) is 4. The topological polar surface area (TPSA) is 65.4 Å². The first-order chi connectivity index (χ1) is 15.2. The lowest BCUT2D eigenvalue weighted by Crippen LogP contribution is -2.17. The number of aromatic nitrogens is 2. The third kappa shape index (κ3) is 3.85. The molecule has 1 amide bonds. The highest BCUT2D eigenvalue weighted by atomic mass is 35.5. The first-order valence-electron chi connectivity index (χ1n) is 9.79. The Labute approximate surface area is 184 Å². The van der Waals surface area contributed by atoms with Crippen molar-refractivity contribution in [3.05, 3.63) is 89.6 Å². The van der Waals surface area contributed by atoms with Gasteiger partial charge in [0.2, 0.25) is 0 Å². The Morgan fingerprint density at radius 3 is 2.52 bits per heavy atom. The van der Waals surface area contributed by atoms with Crippen molar-refractivity contribution < 1.29 is 14.3 Å². The second kappa shape index (κ2) is 8.16. The highest BCUT2D eigenvalue weighted by Crippen LogP contribution is 2.38. The summed E-state index contributed by atoms with van der Waals surface area (Å²) >= 11 is 6.33. The van der Waals surface area contributed by atoms with Crippen molar-refractivity contribution in [1.82, 2.24) is 9.78 Å². The molecular weight excluding hydrogens is 414 g/mol. The minimum Gasteiger partial charge on any atom is -0.486 e. The maximum atomic E-state index is 12.9. The molecule has 2 heterocycles. The lowest BCUT2D eigenvalue weighted by atomic mass is 10.1. The molecule has 1 aliphatic rings. The Balaban J connectivity index is 1.43. The summed E-state index contributed by atoms with van der Waals surface area (Å²) in [7, 11) is 0. The summed E-state index contributed by atoms with van der Waals surface area (Å²) in [5.74, 6) is 0.848. The molecule has 5 rings (SSSR count). The van der Waals surface area contributed by atoms with Crippen LogP contribution in [0.2, 0.25) is 5.02 Å². The van der Waals surface area contributed by atoms with Crippen molar-refractivity contribution in [2.75, 3.05) is 18.5 Å². The standard InChI is InChI=1S/C24H18ClN3O3/c25-19-14-22-23(31-12-11-30-22)15-20(19)27-24(29)17-7-4-8-18(13-17)28-21(9-10-26-28)16-5-2-1-3-6-16/h1-10,13-15H,11-12H2,(H,27,29). The van der Waals surface area contributed by atoms with E-state index in [0.717, 1.165) is 16.9 Å². The average Bonchev–Trinajstić information content (AvgIpc) is 3.30. The zero-order valence-corrected chi connectivity index (χ0v) is 17.2. The van der Waals surface area contributed by atoms with Crippen molar-refractivity contribution in [2.24, 2.45) is 0 Å². The molecule has 7 heteroatoms. The van der Waals surface area contributed by atoms with E-state index >= 15 is 0 Å². The molecule has 0 spiro atoms. The molecule has 0 atom stereocenters. The molecule has 0 saturated heterocycles. The second-order valence-electron chi connectivity index (χ2n) is 6.97. The SMILES string of the molecule is O=C(Nc1cc2c(cc1Cl)OCCO2)c1cccc(-n2nccc2-c2ccccc2)c1. The maximum Gasteiger partial charge on any atom is 0.255 e. The highest BCUT2D eigenvalue weighted by Gasteiger charge is 2.17. The molecule has 0 bridgehead atoms. The summed E-state index contributed by atoms with van der Waals surface area (Å²) in [5, 5.41) is 7.68. The summed E-state index contributed by atoms with van der Waals surface area (Å²) in [5.41, 5.74) is 3.71. The Morgan fingerprint density at radius 1 is 0.935 bits per heavy atom. The van der Waals surface area contributed by atoms with Gasteiger partial charge in [-0.2, -0.15) is 5.10 Å². The number of benzene rings is 3. The third-order valence-corrected chi connectivity index (χ3v) is 5.26. The number of carbonyl (C=O) groups excluding carboxylic acids is 1. The fourth-order valence-corrected chi connectivity index (χ4v) is 3.67. The number of halogens is 1. The number of rotatable bonds is 4. The van der Waals surface area contributed by atoms with Crippen LogP contribution < -0.4 is 14.8 Å². The lowest BCUT2D eigenvalue weighted by Gasteiger charge is -2.20. The fraction of sp³-hybridized carbons (Fsp3) is 0.0833. The molecule has 154 valence electrons. The van der Waals surface area contributed by atoms with Crippen molar-refractivity contribution in [3.8, 4) is 28.4 Å². The maximum absolute atomic E-state index is 12.9. The van der Waals surface area contributed by atoms with Crippen LogP contribution in [0, 0.1) is 0 Å². The average molecular weight is 432 g/mol. The number of anilines is 1. The Morgan fingerprint density at radius 2 is 1.71 bits per heavy atom. The predicted molar refractivity (Wildman–Crippen MR) is 119 cm³/mol. The first kappa shape index (κ1) is 19.2. The van der Waals surface area contributed by atoms with Crippen LogP contribution in [0.1, 0.15) is 10.4 Å².